The highest BCUT2D eigenvalue weighted by Crippen LogP contribution is 2.25. The molecule has 25 heavy (non-hydrogen) atoms. The fraction of sp³-hybridized carbons (Fsp3) is 0. The standard InChI is InChI=1S/C15H10N9O/c25-15(11-3-1-9(2-4-11)13-17-21-22-18-13)16-12-7-5-10(6-8-12)14-19-23-24-20-14/h1-8H,(H2-,16,17,18,19,20,21,22,23,24,25)/q-1/p-1. The lowest BCUT2D eigenvalue weighted by Gasteiger charge is -2.20. The number of hydrogen-bond donors (Lipinski definition) is 1. The van der Waals surface area contributed by atoms with E-state index in [1.165, 1.54) is 0 Å². The van der Waals surface area contributed by atoms with E-state index >= 15 is 0 Å². The highest BCUT2D eigenvalue weighted by atomic mass is 16.1. The number of carbonyl (C=O) groups excluding carboxylic acids is 1. The Morgan fingerprint density at radius 1 is 0.960 bits per heavy atom. The van der Waals surface area contributed by atoms with Crippen LogP contribution in [0, 0.1) is 0 Å². The Kier molecular flexibility index (Phi) is 3.67. The van der Waals surface area contributed by atoms with Gasteiger partial charge >= 0.3 is 0 Å². The predicted molar refractivity (Wildman–Crippen MR) is 85.5 cm³/mol. The minimum absolute atomic E-state index is 0.349. The van der Waals surface area contributed by atoms with Crippen molar-refractivity contribution in [2.75, 3.05) is 0 Å². The molecule has 1 N–H and O–H groups in total. The summed E-state index contributed by atoms with van der Waals surface area (Å²) in [6.07, 6.45) is 0. The molecule has 0 fully saturated rings. The maximum absolute atomic E-state index is 12.3. The Morgan fingerprint density at radius 3 is 2.36 bits per heavy atom. The molecule has 122 valence electrons. The van der Waals surface area contributed by atoms with E-state index in [0.29, 0.717) is 22.9 Å². The number of benzene rings is 2. The van der Waals surface area contributed by atoms with Gasteiger partial charge in [-0.2, -0.15) is 10.4 Å². The van der Waals surface area contributed by atoms with Gasteiger partial charge in [-0.05, 0) is 16.3 Å². The second kappa shape index (κ2) is 6.28. The number of amides is 1. The zero-order valence-corrected chi connectivity index (χ0v) is 12.6. The summed E-state index contributed by atoms with van der Waals surface area (Å²) in [5, 5.41) is 32.1. The van der Waals surface area contributed by atoms with Crippen molar-refractivity contribution in [3.8, 4) is 22.8 Å². The monoisotopic (exact) mass is 331 g/mol. The molecule has 0 aliphatic rings. The van der Waals surface area contributed by atoms with E-state index in [1.54, 1.807) is 48.5 Å². The number of H-pyrrole nitrogens is 1. The van der Waals surface area contributed by atoms with Gasteiger partial charge in [0.1, 0.15) is 0 Å². The first kappa shape index (κ1) is 14.6. The summed E-state index contributed by atoms with van der Waals surface area (Å²) in [5.41, 5.74) is 2.50. The molecule has 10 heteroatoms. The van der Waals surface area contributed by atoms with Crippen molar-refractivity contribution in [1.29, 1.82) is 0 Å². The van der Waals surface area contributed by atoms with Gasteiger partial charge in [0.05, 0.1) is 5.91 Å². The van der Waals surface area contributed by atoms with Crippen LogP contribution in [0.15, 0.2) is 48.5 Å². The van der Waals surface area contributed by atoms with Crippen LogP contribution in [-0.4, -0.2) is 42.1 Å². The summed E-state index contributed by atoms with van der Waals surface area (Å²) in [6, 6.07) is 13.7. The molecule has 0 aliphatic carbocycles. The summed E-state index contributed by atoms with van der Waals surface area (Å²) in [4.78, 5) is 12.3. The van der Waals surface area contributed by atoms with Crippen molar-refractivity contribution in [3.05, 3.63) is 59.4 Å². The Morgan fingerprint density at radius 2 is 1.72 bits per heavy atom. The lowest BCUT2D eigenvalue weighted by molar-refractivity contribution is 0.103. The quantitative estimate of drug-likeness (QED) is 0.594. The third-order valence-corrected chi connectivity index (χ3v) is 3.41. The molecule has 0 saturated heterocycles. The van der Waals surface area contributed by atoms with Gasteiger partial charge in [0, 0.05) is 11.4 Å². The minimum Gasteiger partial charge on any atom is -0.623 e. The average Bonchev–Trinajstić information content (AvgIpc) is 3.36. The lowest BCUT2D eigenvalue weighted by atomic mass is 10.1. The summed E-state index contributed by atoms with van der Waals surface area (Å²) < 4.78 is 0. The number of nitrogens with one attached hydrogen (secondary N) is 1. The van der Waals surface area contributed by atoms with Gasteiger partial charge in [-0.1, -0.05) is 48.5 Å². The van der Waals surface area contributed by atoms with Crippen molar-refractivity contribution < 1.29 is 4.79 Å². The first-order valence-corrected chi connectivity index (χ1v) is 7.19. The maximum atomic E-state index is 12.3. The zero-order valence-electron chi connectivity index (χ0n) is 12.6. The summed E-state index contributed by atoms with van der Waals surface area (Å²) >= 11 is 0. The van der Waals surface area contributed by atoms with E-state index in [4.69, 9.17) is 0 Å². The van der Waals surface area contributed by atoms with E-state index in [-0.39, 0.29) is 5.91 Å². The van der Waals surface area contributed by atoms with Gasteiger partial charge in [0.25, 0.3) is 0 Å². The molecule has 0 spiro atoms. The molecule has 0 radical (unpaired) electrons. The SMILES string of the molecule is O=C([N-]c1ccc(-c2nn[nH]n2)cc1)c1ccc(-c2nnn[n-]2)cc1. The van der Waals surface area contributed by atoms with Crippen LogP contribution in [0.5, 0.6) is 0 Å². The lowest BCUT2D eigenvalue weighted by Crippen LogP contribution is -1.96. The molecular formula is C15H9N9O-2. The van der Waals surface area contributed by atoms with Gasteiger partial charge in [-0.15, -0.1) is 15.9 Å². The maximum Gasteiger partial charge on any atom is 0.204 e. The predicted octanol–water partition coefficient (Wildman–Crippen LogP) is 1.52. The first-order chi connectivity index (χ1) is 12.3. The largest absolute Gasteiger partial charge is 0.623 e. The highest BCUT2D eigenvalue weighted by molar-refractivity contribution is 6.09. The molecule has 4 rings (SSSR count). The first-order valence-electron chi connectivity index (χ1n) is 7.19. The third-order valence-electron chi connectivity index (χ3n) is 3.41. The number of aromatic amines is 1. The minimum atomic E-state index is -0.349. The normalized spacial score (nSPS) is 10.6. The van der Waals surface area contributed by atoms with E-state index < -0.39 is 0 Å². The molecule has 0 aliphatic heterocycles. The van der Waals surface area contributed by atoms with Gasteiger partial charge in [-0.3, -0.25) is 10.3 Å². The second-order valence-corrected chi connectivity index (χ2v) is 4.98. The van der Waals surface area contributed by atoms with Crippen molar-refractivity contribution in [1.82, 2.24) is 41.2 Å². The van der Waals surface area contributed by atoms with Crippen LogP contribution >= 0.6 is 0 Å². The number of tetrazole rings is 2. The molecule has 1 amide bonds. The Hall–Kier alpha value is -3.95. The van der Waals surface area contributed by atoms with Crippen LogP contribution < -0.4 is 5.10 Å². The van der Waals surface area contributed by atoms with Gasteiger partial charge in [-0.25, -0.2) is 0 Å². The van der Waals surface area contributed by atoms with E-state index in [0.717, 1.165) is 11.1 Å². The van der Waals surface area contributed by atoms with Crippen LogP contribution in [0.25, 0.3) is 28.1 Å². The molecule has 10 nitrogen and oxygen atoms in total. The molecule has 2 aromatic heterocycles. The fourth-order valence-corrected chi connectivity index (χ4v) is 2.17. The van der Waals surface area contributed by atoms with Crippen molar-refractivity contribution in [3.63, 3.8) is 0 Å². The molecule has 0 saturated carbocycles. The van der Waals surface area contributed by atoms with Gasteiger partial charge in [0.15, 0.2) is 0 Å². The number of nitrogens with zero attached hydrogens (tertiary/aromatic N) is 8. The van der Waals surface area contributed by atoms with Crippen LogP contribution in [0.1, 0.15) is 10.4 Å². The summed E-state index contributed by atoms with van der Waals surface area (Å²) in [7, 11) is 0. The van der Waals surface area contributed by atoms with Gasteiger partial charge in [0.2, 0.25) is 5.82 Å². The number of carbonyl (C=O) groups is 1. The van der Waals surface area contributed by atoms with Gasteiger partial charge < -0.3 is 15.2 Å². The third kappa shape index (κ3) is 3.08. The highest BCUT2D eigenvalue weighted by Gasteiger charge is 2.02. The van der Waals surface area contributed by atoms with Crippen LogP contribution in [0.2, 0.25) is 0 Å². The molecule has 0 atom stereocenters. The van der Waals surface area contributed by atoms with Crippen molar-refractivity contribution in [2.24, 2.45) is 0 Å². The molecular weight excluding hydrogens is 322 g/mol. The molecule has 4 aromatic rings. The topological polar surface area (TPSA) is 138 Å². The van der Waals surface area contributed by atoms with Crippen molar-refractivity contribution in [2.45, 2.75) is 0 Å². The zero-order chi connectivity index (χ0) is 17.1. The molecule has 2 heterocycles. The molecule has 2 aromatic carbocycles. The van der Waals surface area contributed by atoms with Crippen LogP contribution in [0.3, 0.4) is 0 Å². The second-order valence-electron chi connectivity index (χ2n) is 4.98. The molecule has 0 unspecified atom stereocenters. The Labute approximate surface area is 140 Å². The summed E-state index contributed by atoms with van der Waals surface area (Å²) in [5.74, 6) is 0.540. The van der Waals surface area contributed by atoms with Crippen LogP contribution in [0.4, 0.5) is 5.69 Å². The van der Waals surface area contributed by atoms with Crippen LogP contribution in [-0.2, 0) is 0 Å². The molecule has 0 bridgehead atoms. The smallest absolute Gasteiger partial charge is 0.204 e. The summed E-state index contributed by atoms with van der Waals surface area (Å²) in [6.45, 7) is 0. The van der Waals surface area contributed by atoms with E-state index in [9.17, 15) is 4.79 Å². The number of hydrogen-bond acceptors (Lipinski definition) is 7. The number of rotatable bonds is 4. The van der Waals surface area contributed by atoms with E-state index in [2.05, 4.69) is 46.6 Å². The fourth-order valence-electron chi connectivity index (χ4n) is 2.17. The Balaban J connectivity index is 1.46. The Bertz CT molecular complexity index is 961. The number of aromatic nitrogens is 8. The average molecular weight is 331 g/mol. The van der Waals surface area contributed by atoms with E-state index in [1.807, 2.05) is 0 Å². The van der Waals surface area contributed by atoms with Crippen molar-refractivity contribution >= 4 is 11.6 Å².